The molecule has 1 heterocycles. The zero-order chi connectivity index (χ0) is 14.5. The maximum atomic E-state index is 12.2. The Morgan fingerprint density at radius 3 is 2.75 bits per heavy atom. The van der Waals surface area contributed by atoms with Crippen LogP contribution in [0.4, 0.5) is 4.79 Å². The fraction of sp³-hybridized carbons (Fsp3) is 0.375. The van der Waals surface area contributed by atoms with Crippen LogP contribution in [-0.4, -0.2) is 23.5 Å². The van der Waals surface area contributed by atoms with Gasteiger partial charge in [-0.05, 0) is 24.0 Å². The Labute approximate surface area is 119 Å². The molecule has 0 unspecified atom stereocenters. The predicted molar refractivity (Wildman–Crippen MR) is 76.0 cm³/mol. The Hall–Kier alpha value is -2.10. The molecule has 0 radical (unpaired) electrons. The lowest BCUT2D eigenvalue weighted by atomic mass is 10.1. The summed E-state index contributed by atoms with van der Waals surface area (Å²) in [4.78, 5) is 25.1. The monoisotopic (exact) mass is 273 g/mol. The highest BCUT2D eigenvalue weighted by atomic mass is 16.6. The molecule has 2 rings (SSSR count). The van der Waals surface area contributed by atoms with Gasteiger partial charge < -0.3 is 4.74 Å². The summed E-state index contributed by atoms with van der Waals surface area (Å²) in [6, 6.07) is 9.12. The van der Waals surface area contributed by atoms with Crippen LogP contribution in [0, 0.1) is 5.92 Å². The lowest BCUT2D eigenvalue weighted by Crippen LogP contribution is -2.32. The first kappa shape index (κ1) is 14.3. The van der Waals surface area contributed by atoms with Gasteiger partial charge in [0, 0.05) is 0 Å². The van der Waals surface area contributed by atoms with Crippen molar-refractivity contribution < 1.29 is 14.3 Å². The number of benzene rings is 1. The van der Waals surface area contributed by atoms with E-state index in [1.54, 1.807) is 6.08 Å². The van der Waals surface area contributed by atoms with Crippen LogP contribution in [0.3, 0.4) is 0 Å². The van der Waals surface area contributed by atoms with Crippen molar-refractivity contribution in [2.45, 2.75) is 26.3 Å². The van der Waals surface area contributed by atoms with Crippen LogP contribution < -0.4 is 0 Å². The van der Waals surface area contributed by atoms with Gasteiger partial charge in [0.15, 0.2) is 0 Å². The SMILES string of the molecule is CC(C)CC=CC(=O)N1C(=O)OC[C@@H]1c1ccccc1. The summed E-state index contributed by atoms with van der Waals surface area (Å²) in [7, 11) is 0. The summed E-state index contributed by atoms with van der Waals surface area (Å²) in [5, 5.41) is 0. The molecule has 0 aliphatic carbocycles. The van der Waals surface area contributed by atoms with E-state index in [9.17, 15) is 9.59 Å². The number of hydrogen-bond donors (Lipinski definition) is 0. The summed E-state index contributed by atoms with van der Waals surface area (Å²) < 4.78 is 5.01. The maximum Gasteiger partial charge on any atom is 0.417 e. The van der Waals surface area contributed by atoms with Gasteiger partial charge in [0.1, 0.15) is 12.6 Å². The molecule has 4 heteroatoms. The zero-order valence-electron chi connectivity index (χ0n) is 11.8. The summed E-state index contributed by atoms with van der Waals surface area (Å²) in [5.74, 6) is 0.163. The highest BCUT2D eigenvalue weighted by Crippen LogP contribution is 2.27. The van der Waals surface area contributed by atoms with Gasteiger partial charge in [-0.2, -0.15) is 0 Å². The average Bonchev–Trinajstić information content (AvgIpc) is 2.81. The van der Waals surface area contributed by atoms with Crippen molar-refractivity contribution in [3.8, 4) is 0 Å². The van der Waals surface area contributed by atoms with Crippen molar-refractivity contribution in [1.82, 2.24) is 4.90 Å². The first-order valence-corrected chi connectivity index (χ1v) is 6.81. The van der Waals surface area contributed by atoms with Crippen molar-refractivity contribution in [3.63, 3.8) is 0 Å². The molecule has 0 bridgehead atoms. The molecule has 1 fully saturated rings. The number of cyclic esters (lactones) is 1. The Bertz CT molecular complexity index is 508. The number of allylic oxidation sites excluding steroid dienone is 1. The minimum atomic E-state index is -0.571. The molecule has 1 aromatic rings. The molecule has 1 aliphatic rings. The van der Waals surface area contributed by atoms with E-state index < -0.39 is 6.09 Å². The van der Waals surface area contributed by atoms with Gasteiger partial charge in [-0.3, -0.25) is 4.79 Å². The number of imide groups is 1. The number of ether oxygens (including phenoxy) is 1. The van der Waals surface area contributed by atoms with Crippen LogP contribution in [0.15, 0.2) is 42.5 Å². The third-order valence-corrected chi connectivity index (χ3v) is 3.16. The van der Waals surface area contributed by atoms with Gasteiger partial charge >= 0.3 is 6.09 Å². The van der Waals surface area contributed by atoms with E-state index in [4.69, 9.17) is 4.74 Å². The summed E-state index contributed by atoms with van der Waals surface area (Å²) >= 11 is 0. The van der Waals surface area contributed by atoms with E-state index in [0.29, 0.717) is 5.92 Å². The van der Waals surface area contributed by atoms with E-state index in [2.05, 4.69) is 13.8 Å². The van der Waals surface area contributed by atoms with Gasteiger partial charge in [0.05, 0.1) is 0 Å². The molecule has 0 spiro atoms. The molecule has 0 aromatic heterocycles. The van der Waals surface area contributed by atoms with E-state index >= 15 is 0 Å². The molecular weight excluding hydrogens is 254 g/mol. The average molecular weight is 273 g/mol. The number of nitrogens with zero attached hydrogens (tertiary/aromatic N) is 1. The van der Waals surface area contributed by atoms with Crippen LogP contribution in [0.1, 0.15) is 31.9 Å². The van der Waals surface area contributed by atoms with Crippen LogP contribution in [-0.2, 0) is 9.53 Å². The van der Waals surface area contributed by atoms with Gasteiger partial charge in [-0.15, -0.1) is 0 Å². The fourth-order valence-electron chi connectivity index (χ4n) is 2.11. The van der Waals surface area contributed by atoms with E-state index in [1.165, 1.54) is 11.0 Å². The van der Waals surface area contributed by atoms with E-state index in [0.717, 1.165) is 12.0 Å². The molecule has 106 valence electrons. The second-order valence-corrected chi connectivity index (χ2v) is 5.24. The molecule has 1 saturated heterocycles. The minimum Gasteiger partial charge on any atom is -0.446 e. The minimum absolute atomic E-state index is 0.215. The Kier molecular flexibility index (Phi) is 4.56. The van der Waals surface area contributed by atoms with Crippen molar-refractivity contribution in [2.75, 3.05) is 6.61 Å². The Morgan fingerprint density at radius 2 is 2.10 bits per heavy atom. The van der Waals surface area contributed by atoms with E-state index in [-0.39, 0.29) is 18.6 Å². The number of hydrogen-bond acceptors (Lipinski definition) is 3. The lowest BCUT2D eigenvalue weighted by Gasteiger charge is -2.18. The Morgan fingerprint density at radius 1 is 1.40 bits per heavy atom. The van der Waals surface area contributed by atoms with Gasteiger partial charge in [-0.1, -0.05) is 50.3 Å². The van der Waals surface area contributed by atoms with Crippen LogP contribution >= 0.6 is 0 Å². The molecule has 0 N–H and O–H groups in total. The molecule has 4 nitrogen and oxygen atoms in total. The van der Waals surface area contributed by atoms with Gasteiger partial charge in [0.25, 0.3) is 5.91 Å². The molecular formula is C16H19NO3. The maximum absolute atomic E-state index is 12.2. The predicted octanol–water partition coefficient (Wildman–Crippen LogP) is 3.31. The fourth-order valence-corrected chi connectivity index (χ4v) is 2.11. The number of carbonyl (C=O) groups excluding carboxylic acids is 2. The standard InChI is InChI=1S/C16H19NO3/c1-12(2)7-6-10-15(18)17-14(11-20-16(17)19)13-8-4-3-5-9-13/h3-6,8-10,12,14H,7,11H2,1-2H3/t14-/m1/s1. The third kappa shape index (κ3) is 3.26. The highest BCUT2D eigenvalue weighted by molar-refractivity contribution is 5.99. The van der Waals surface area contributed by atoms with Gasteiger partial charge in [0.2, 0.25) is 0 Å². The number of amides is 2. The smallest absolute Gasteiger partial charge is 0.417 e. The van der Waals surface area contributed by atoms with Crippen molar-refractivity contribution in [2.24, 2.45) is 5.92 Å². The number of rotatable bonds is 4. The summed E-state index contributed by atoms with van der Waals surface area (Å²) in [5.41, 5.74) is 0.906. The molecule has 0 saturated carbocycles. The van der Waals surface area contributed by atoms with Gasteiger partial charge in [-0.25, -0.2) is 9.69 Å². The molecule has 20 heavy (non-hydrogen) atoms. The van der Waals surface area contributed by atoms with Crippen LogP contribution in [0.2, 0.25) is 0 Å². The topological polar surface area (TPSA) is 46.6 Å². The molecule has 1 aromatic carbocycles. The quantitative estimate of drug-likeness (QED) is 0.791. The normalized spacial score (nSPS) is 18.9. The van der Waals surface area contributed by atoms with Crippen molar-refractivity contribution in [3.05, 3.63) is 48.0 Å². The Balaban J connectivity index is 2.13. The second-order valence-electron chi connectivity index (χ2n) is 5.24. The third-order valence-electron chi connectivity index (χ3n) is 3.16. The van der Waals surface area contributed by atoms with Crippen LogP contribution in [0.5, 0.6) is 0 Å². The second kappa shape index (κ2) is 6.37. The number of carbonyl (C=O) groups is 2. The summed E-state index contributed by atoms with van der Waals surface area (Å²) in [6.07, 6.45) is 3.51. The zero-order valence-corrected chi connectivity index (χ0v) is 11.8. The molecule has 1 aliphatic heterocycles. The first-order valence-electron chi connectivity index (χ1n) is 6.81. The largest absolute Gasteiger partial charge is 0.446 e. The van der Waals surface area contributed by atoms with Crippen molar-refractivity contribution in [1.29, 1.82) is 0 Å². The van der Waals surface area contributed by atoms with E-state index in [1.807, 2.05) is 30.3 Å². The first-order chi connectivity index (χ1) is 9.59. The molecule has 2 amide bonds. The van der Waals surface area contributed by atoms with Crippen molar-refractivity contribution >= 4 is 12.0 Å². The summed E-state index contributed by atoms with van der Waals surface area (Å²) in [6.45, 7) is 4.37. The lowest BCUT2D eigenvalue weighted by molar-refractivity contribution is -0.124. The van der Waals surface area contributed by atoms with Crippen LogP contribution in [0.25, 0.3) is 0 Å². The highest BCUT2D eigenvalue weighted by Gasteiger charge is 2.37. The molecule has 1 atom stereocenters.